The van der Waals surface area contributed by atoms with Crippen molar-refractivity contribution in [1.82, 2.24) is 29.5 Å². The summed E-state index contributed by atoms with van der Waals surface area (Å²) in [5.41, 5.74) is 3.59. The van der Waals surface area contributed by atoms with Crippen molar-refractivity contribution in [1.29, 1.82) is 0 Å². The SMILES string of the molecule is CS(=O)(=O)CCn1cc(-c2ncc3c(n2)CN(C(=O)c2cc(CN4C(=O)[C@@](CCCC(F)(F)F)(c5ccc(F)cc5)N=C4N)ccc2C(F)(F)F)C3)cn1. The fraction of sp³-hybridized carbons (Fsp3) is 0.353. The van der Waals surface area contributed by atoms with Gasteiger partial charge >= 0.3 is 12.4 Å². The van der Waals surface area contributed by atoms with Gasteiger partial charge < -0.3 is 10.6 Å². The average Bonchev–Trinajstić information content (AvgIpc) is 3.80. The van der Waals surface area contributed by atoms with Gasteiger partial charge in [0.1, 0.15) is 15.7 Å². The Morgan fingerprint density at radius 1 is 1.02 bits per heavy atom. The number of aryl methyl sites for hydroxylation is 1. The van der Waals surface area contributed by atoms with E-state index < -0.39 is 88.3 Å². The molecule has 2 amide bonds. The van der Waals surface area contributed by atoms with E-state index in [0.717, 1.165) is 40.3 Å². The van der Waals surface area contributed by atoms with Crippen molar-refractivity contribution in [3.05, 3.63) is 100 Å². The summed E-state index contributed by atoms with van der Waals surface area (Å²) in [5, 5.41) is 4.11. The number of nitrogens with zero attached hydrogens (tertiary/aromatic N) is 7. The number of hydrogen-bond donors (Lipinski definition) is 1. The zero-order valence-electron chi connectivity index (χ0n) is 28.3. The molecule has 2 aromatic carbocycles. The maximum absolute atomic E-state index is 14.3. The van der Waals surface area contributed by atoms with Gasteiger partial charge in [-0.1, -0.05) is 18.2 Å². The molecule has 4 aromatic rings. The maximum atomic E-state index is 14.3. The molecule has 0 spiro atoms. The molecule has 286 valence electrons. The summed E-state index contributed by atoms with van der Waals surface area (Å²) in [7, 11) is -3.24. The molecule has 0 saturated carbocycles. The second-order valence-corrected chi connectivity index (χ2v) is 15.3. The minimum absolute atomic E-state index is 0.0368. The van der Waals surface area contributed by atoms with Crippen LogP contribution < -0.4 is 5.73 Å². The summed E-state index contributed by atoms with van der Waals surface area (Å²) >= 11 is 0. The first-order valence-electron chi connectivity index (χ1n) is 16.3. The lowest BCUT2D eigenvalue weighted by Crippen LogP contribution is -2.42. The molecule has 2 N–H and O–H groups in total. The Morgan fingerprint density at radius 2 is 1.74 bits per heavy atom. The number of rotatable bonds is 11. The van der Waals surface area contributed by atoms with Crippen molar-refractivity contribution in [3.63, 3.8) is 0 Å². The monoisotopic (exact) mass is 780 g/mol. The van der Waals surface area contributed by atoms with E-state index in [2.05, 4.69) is 20.1 Å². The second-order valence-electron chi connectivity index (χ2n) is 13.0. The van der Waals surface area contributed by atoms with E-state index in [4.69, 9.17) is 5.73 Å². The standard InChI is InChI=1S/C34H31F7N8O4S/c1-54(52,53)12-11-48-18-22(15-44-48)28-43-14-21-17-47(19-27(21)45-28)29(50)25-13-20(3-8-26(25)34(39,40)41)16-49-30(51)32(46-31(49)42,9-2-10-33(36,37)38)23-4-6-24(35)7-5-23/h3-8,13-15,18H,2,9-12,16-17,19H2,1H3,(H2,42,46)/t32-/m1/s1. The molecule has 2 aliphatic rings. The van der Waals surface area contributed by atoms with Gasteiger partial charge in [-0.3, -0.25) is 19.2 Å². The lowest BCUT2D eigenvalue weighted by atomic mass is 9.84. The van der Waals surface area contributed by atoms with Crippen LogP contribution in [0.4, 0.5) is 30.7 Å². The molecule has 0 radical (unpaired) electrons. The summed E-state index contributed by atoms with van der Waals surface area (Å²) < 4.78 is 120. The van der Waals surface area contributed by atoms with Crippen LogP contribution in [0.1, 0.15) is 57.6 Å². The molecule has 12 nitrogen and oxygen atoms in total. The number of carbonyl (C=O) groups excluding carboxylic acids is 2. The van der Waals surface area contributed by atoms with E-state index in [1.165, 1.54) is 29.2 Å². The van der Waals surface area contributed by atoms with Crippen LogP contribution in [0.3, 0.4) is 0 Å². The van der Waals surface area contributed by atoms with Crippen molar-refractivity contribution in [3.8, 4) is 11.4 Å². The number of halogens is 7. The number of amides is 2. The van der Waals surface area contributed by atoms with Gasteiger partial charge in [-0.05, 0) is 48.2 Å². The third-order valence-electron chi connectivity index (χ3n) is 8.99. The fourth-order valence-corrected chi connectivity index (χ4v) is 6.83. The van der Waals surface area contributed by atoms with Gasteiger partial charge in [0.25, 0.3) is 11.8 Å². The van der Waals surface area contributed by atoms with E-state index in [9.17, 15) is 48.7 Å². The molecule has 2 aromatic heterocycles. The van der Waals surface area contributed by atoms with Crippen LogP contribution in [-0.2, 0) is 52.5 Å². The topological polar surface area (TPSA) is 157 Å². The van der Waals surface area contributed by atoms with Gasteiger partial charge in [0, 0.05) is 37.2 Å². The minimum atomic E-state index is -4.96. The van der Waals surface area contributed by atoms with Gasteiger partial charge in [-0.2, -0.15) is 31.4 Å². The zero-order chi connectivity index (χ0) is 39.2. The van der Waals surface area contributed by atoms with E-state index in [1.807, 2.05) is 0 Å². The summed E-state index contributed by atoms with van der Waals surface area (Å²) in [6.45, 7) is -0.682. The second kappa shape index (κ2) is 14.1. The quantitative estimate of drug-likeness (QED) is 0.209. The van der Waals surface area contributed by atoms with Crippen molar-refractivity contribution in [2.45, 2.75) is 63.3 Å². The summed E-state index contributed by atoms with van der Waals surface area (Å²) in [6.07, 6.45) is -6.22. The van der Waals surface area contributed by atoms with Gasteiger partial charge in [0.15, 0.2) is 17.3 Å². The van der Waals surface area contributed by atoms with Crippen LogP contribution in [0.15, 0.2) is 66.0 Å². The largest absolute Gasteiger partial charge is 0.417 e. The average molecular weight is 781 g/mol. The van der Waals surface area contributed by atoms with Crippen molar-refractivity contribution < 1.29 is 48.7 Å². The number of fused-ring (bicyclic) bond motifs is 1. The number of aromatic nitrogens is 4. The molecule has 2 aliphatic heterocycles. The molecule has 20 heteroatoms. The smallest absolute Gasteiger partial charge is 0.369 e. The number of alkyl halides is 6. The number of hydrogen-bond acceptors (Lipinski definition) is 9. The Kier molecular flexibility index (Phi) is 10.0. The highest BCUT2D eigenvalue weighted by molar-refractivity contribution is 7.90. The Balaban J connectivity index is 1.24. The number of sulfone groups is 1. The molecular weight excluding hydrogens is 749 g/mol. The summed E-state index contributed by atoms with van der Waals surface area (Å²) in [5.74, 6) is -2.90. The highest BCUT2D eigenvalue weighted by Gasteiger charge is 2.49. The van der Waals surface area contributed by atoms with Crippen LogP contribution in [0.25, 0.3) is 11.4 Å². The summed E-state index contributed by atoms with van der Waals surface area (Å²) in [4.78, 5) is 42.7. The van der Waals surface area contributed by atoms with Gasteiger partial charge in [0.05, 0.1) is 54.0 Å². The lowest BCUT2D eigenvalue weighted by Gasteiger charge is -2.27. The number of carbonyl (C=O) groups is 2. The van der Waals surface area contributed by atoms with Gasteiger partial charge in [-0.25, -0.2) is 27.8 Å². The molecule has 0 fully saturated rings. The maximum Gasteiger partial charge on any atom is 0.417 e. The Hall–Kier alpha value is -5.40. The van der Waals surface area contributed by atoms with Gasteiger partial charge in [-0.15, -0.1) is 0 Å². The van der Waals surface area contributed by atoms with E-state index in [0.29, 0.717) is 22.9 Å². The van der Waals surface area contributed by atoms with Crippen molar-refractivity contribution in [2.24, 2.45) is 10.7 Å². The Labute approximate surface area is 303 Å². The van der Waals surface area contributed by atoms with Crippen molar-refractivity contribution >= 4 is 27.6 Å². The molecule has 4 heterocycles. The number of nitrogens with two attached hydrogens (primary N) is 1. The van der Waals surface area contributed by atoms with Gasteiger partial charge in [0.2, 0.25) is 0 Å². The van der Waals surface area contributed by atoms with Crippen LogP contribution >= 0.6 is 0 Å². The predicted molar refractivity (Wildman–Crippen MR) is 178 cm³/mol. The molecule has 0 aliphatic carbocycles. The molecule has 6 rings (SSSR count). The predicted octanol–water partition coefficient (Wildman–Crippen LogP) is 4.98. The molecule has 1 atom stereocenters. The molecular formula is C34H31F7N8O4S. The van der Waals surface area contributed by atoms with E-state index in [1.54, 1.807) is 6.20 Å². The Morgan fingerprint density at radius 3 is 2.41 bits per heavy atom. The third-order valence-corrected chi connectivity index (χ3v) is 9.91. The van der Waals surface area contributed by atoms with E-state index >= 15 is 0 Å². The number of guanidine groups is 1. The first-order chi connectivity index (χ1) is 25.2. The van der Waals surface area contributed by atoms with Crippen LogP contribution in [0, 0.1) is 5.82 Å². The van der Waals surface area contributed by atoms with Crippen LogP contribution in [-0.4, -0.2) is 73.9 Å². The normalized spacial score (nSPS) is 17.6. The third kappa shape index (κ3) is 8.22. The lowest BCUT2D eigenvalue weighted by molar-refractivity contribution is -0.139. The fourth-order valence-electron chi connectivity index (χ4n) is 6.31. The van der Waals surface area contributed by atoms with Crippen LogP contribution in [0.2, 0.25) is 0 Å². The zero-order valence-corrected chi connectivity index (χ0v) is 29.1. The van der Waals surface area contributed by atoms with Crippen molar-refractivity contribution in [2.75, 3.05) is 12.0 Å². The first kappa shape index (κ1) is 38.3. The molecule has 54 heavy (non-hydrogen) atoms. The molecule has 0 saturated heterocycles. The number of benzene rings is 2. The summed E-state index contributed by atoms with van der Waals surface area (Å²) in [6, 6.07) is 7.14. The molecule has 0 unspecified atom stereocenters. The van der Waals surface area contributed by atoms with Crippen LogP contribution in [0.5, 0.6) is 0 Å². The highest BCUT2D eigenvalue weighted by Crippen LogP contribution is 2.40. The number of aliphatic imine (C=N–C) groups is 1. The Bertz CT molecular complexity index is 2240. The highest BCUT2D eigenvalue weighted by atomic mass is 32.2. The van der Waals surface area contributed by atoms with E-state index in [-0.39, 0.29) is 42.3 Å². The minimum Gasteiger partial charge on any atom is -0.369 e. The first-order valence-corrected chi connectivity index (χ1v) is 18.3. The molecule has 0 bridgehead atoms.